The molecule has 3 saturated carbocycles. The Morgan fingerprint density at radius 3 is 2.44 bits per heavy atom. The van der Waals surface area contributed by atoms with E-state index in [0.717, 1.165) is 32.1 Å². The number of ether oxygens (including phenoxy) is 3. The Kier molecular flexibility index (Phi) is 10.9. The standard InChI is InChI=1S/C41H58N6O9S/c1-8-24-21-41(24,37(50)46-57(52,53)40(6)17-18-40)45-34(48)32-26(9-2)31-22-47(32)36(49)33(39(3,4)5)44-38(51)56-30-19-23(30)13-11-10-12-14-28-35(55-31)43-29-20-25(54-7)15-16-27(29)42-28/h15-16,20,23-24,26,30-33H,8-14,17-19,21-22H2,1-7H3,(H,44,51)(H,45,48)(H,46,50)/t23-,24-,26-,30-,31+,32+,33-,41-/m1/s1. The largest absolute Gasteiger partial charge is 0.497 e. The number of hydrogen-bond acceptors (Lipinski definition) is 11. The van der Waals surface area contributed by atoms with Crippen LogP contribution in [0.1, 0.15) is 111 Å². The lowest BCUT2D eigenvalue weighted by molar-refractivity contribution is -0.143. The van der Waals surface area contributed by atoms with Gasteiger partial charge in [-0.05, 0) is 87.7 Å². The molecule has 1 saturated heterocycles. The van der Waals surface area contributed by atoms with Gasteiger partial charge in [0.25, 0.3) is 5.91 Å². The van der Waals surface area contributed by atoms with E-state index in [1.807, 2.05) is 46.8 Å². The lowest BCUT2D eigenvalue weighted by Crippen LogP contribution is -2.61. The first-order valence-electron chi connectivity index (χ1n) is 20.6. The number of carbonyl (C=O) groups is 4. The molecule has 2 aliphatic heterocycles. The van der Waals surface area contributed by atoms with Crippen LogP contribution in [0.2, 0.25) is 0 Å². The van der Waals surface area contributed by atoms with E-state index in [2.05, 4.69) is 15.4 Å². The number of hydrogen-bond donors (Lipinski definition) is 3. The molecule has 4 amide bonds. The van der Waals surface area contributed by atoms with Crippen molar-refractivity contribution in [2.75, 3.05) is 13.7 Å². The summed E-state index contributed by atoms with van der Waals surface area (Å²) in [5.41, 5.74) is -0.334. The monoisotopic (exact) mass is 810 g/mol. The molecular weight excluding hydrogens is 753 g/mol. The molecule has 2 aromatic rings. The summed E-state index contributed by atoms with van der Waals surface area (Å²) in [6, 6.07) is 3.26. The van der Waals surface area contributed by atoms with Crippen LogP contribution in [0.4, 0.5) is 4.79 Å². The molecule has 312 valence electrons. The number of benzene rings is 1. The Bertz CT molecular complexity index is 2030. The maximum atomic E-state index is 14.9. The van der Waals surface area contributed by atoms with Gasteiger partial charge in [0.1, 0.15) is 41.3 Å². The summed E-state index contributed by atoms with van der Waals surface area (Å²) in [6.07, 6.45) is 5.42. The number of nitrogens with one attached hydrogen (secondary N) is 3. The van der Waals surface area contributed by atoms with Crippen LogP contribution in [0.3, 0.4) is 0 Å². The van der Waals surface area contributed by atoms with Gasteiger partial charge in [0.2, 0.25) is 27.7 Å². The number of aryl methyl sites for hydroxylation is 1. The Morgan fingerprint density at radius 1 is 1.04 bits per heavy atom. The SMILES string of the molecule is CC[C@@H]1[C@@H]2CN(C(=O)[C@H](C(C)(C)C)NC(=O)O[C@@H]3C[C@H]3CCCCCc3nc4ccc(OC)cc4nc3O2)[C@@H]1C(=O)N[C@]1(C(=O)NS(=O)(=O)C2(C)CC2)C[C@H]1CC. The molecule has 4 fully saturated rings. The fraction of sp³-hybridized carbons (Fsp3) is 0.707. The van der Waals surface area contributed by atoms with Gasteiger partial charge < -0.3 is 29.7 Å². The second-order valence-electron chi connectivity index (χ2n) is 18.1. The summed E-state index contributed by atoms with van der Waals surface area (Å²) in [7, 11) is -2.40. The molecule has 57 heavy (non-hydrogen) atoms. The molecule has 7 rings (SSSR count). The maximum absolute atomic E-state index is 14.9. The van der Waals surface area contributed by atoms with Crippen LogP contribution in [0.5, 0.6) is 11.6 Å². The number of aromatic nitrogens is 2. The van der Waals surface area contributed by atoms with Crippen molar-refractivity contribution in [1.82, 2.24) is 30.2 Å². The van der Waals surface area contributed by atoms with Crippen molar-refractivity contribution >= 4 is 44.9 Å². The Balaban J connectivity index is 1.26. The summed E-state index contributed by atoms with van der Waals surface area (Å²) in [5.74, 6) is -1.58. The van der Waals surface area contributed by atoms with E-state index in [1.165, 1.54) is 4.90 Å². The molecular formula is C41H58N6O9S. The van der Waals surface area contributed by atoms with E-state index in [1.54, 1.807) is 20.1 Å². The lowest BCUT2D eigenvalue weighted by Gasteiger charge is -2.36. The van der Waals surface area contributed by atoms with Gasteiger partial charge in [-0.15, -0.1) is 0 Å². The Labute approximate surface area is 335 Å². The molecule has 3 N–H and O–H groups in total. The number of nitrogens with zero attached hydrogens (tertiary/aromatic N) is 3. The third-order valence-corrected chi connectivity index (χ3v) is 15.1. The second kappa shape index (κ2) is 15.2. The van der Waals surface area contributed by atoms with Crippen molar-refractivity contribution in [3.8, 4) is 11.6 Å². The minimum atomic E-state index is -3.98. The summed E-state index contributed by atoms with van der Waals surface area (Å²) in [6.45, 7) is 10.9. The van der Waals surface area contributed by atoms with Crippen molar-refractivity contribution in [1.29, 1.82) is 0 Å². The summed E-state index contributed by atoms with van der Waals surface area (Å²) in [5, 5.41) is 5.80. The molecule has 3 heterocycles. The Morgan fingerprint density at radius 2 is 1.79 bits per heavy atom. The van der Waals surface area contributed by atoms with E-state index in [4.69, 9.17) is 24.2 Å². The van der Waals surface area contributed by atoms with Gasteiger partial charge in [0.15, 0.2) is 0 Å². The highest BCUT2D eigenvalue weighted by atomic mass is 32.2. The highest BCUT2D eigenvalue weighted by Crippen LogP contribution is 2.48. The van der Waals surface area contributed by atoms with Gasteiger partial charge in [-0.25, -0.2) is 23.2 Å². The molecule has 8 atom stereocenters. The third-order valence-electron chi connectivity index (χ3n) is 12.9. The van der Waals surface area contributed by atoms with E-state index < -0.39 is 73.6 Å². The minimum absolute atomic E-state index is 0.0240. The van der Waals surface area contributed by atoms with E-state index in [9.17, 15) is 27.6 Å². The maximum Gasteiger partial charge on any atom is 0.408 e. The van der Waals surface area contributed by atoms with Crippen molar-refractivity contribution in [3.63, 3.8) is 0 Å². The zero-order valence-corrected chi connectivity index (χ0v) is 35.0. The fourth-order valence-electron chi connectivity index (χ4n) is 8.67. The Hall–Kier alpha value is -4.21. The topological polar surface area (TPSA) is 195 Å². The number of carbonyl (C=O) groups excluding carboxylic acids is 4. The number of rotatable bonds is 8. The molecule has 16 heteroatoms. The van der Waals surface area contributed by atoms with Crippen LogP contribution >= 0.6 is 0 Å². The molecule has 0 unspecified atom stereocenters. The highest BCUT2D eigenvalue weighted by molar-refractivity contribution is 7.91. The van der Waals surface area contributed by atoms with Crippen molar-refractivity contribution in [2.24, 2.45) is 23.2 Å². The van der Waals surface area contributed by atoms with E-state index >= 15 is 0 Å². The van der Waals surface area contributed by atoms with E-state index in [-0.39, 0.29) is 30.9 Å². The number of fused-ring (bicyclic) bond motifs is 5. The van der Waals surface area contributed by atoms with Crippen molar-refractivity contribution in [3.05, 3.63) is 23.9 Å². The van der Waals surface area contributed by atoms with Gasteiger partial charge in [0, 0.05) is 12.0 Å². The van der Waals surface area contributed by atoms with Gasteiger partial charge in [-0.2, -0.15) is 0 Å². The van der Waals surface area contributed by atoms with Crippen molar-refractivity contribution in [2.45, 2.75) is 147 Å². The van der Waals surface area contributed by atoms with Crippen LogP contribution in [-0.2, 0) is 35.6 Å². The average molecular weight is 811 g/mol. The smallest absolute Gasteiger partial charge is 0.408 e. The highest BCUT2D eigenvalue weighted by Gasteiger charge is 2.64. The molecule has 1 aromatic carbocycles. The minimum Gasteiger partial charge on any atom is -0.497 e. The van der Waals surface area contributed by atoms with Gasteiger partial charge in [-0.1, -0.05) is 53.9 Å². The van der Waals surface area contributed by atoms with Crippen molar-refractivity contribution < 1.29 is 41.8 Å². The number of methoxy groups -OCH3 is 1. The quantitative estimate of drug-likeness (QED) is 0.339. The van der Waals surface area contributed by atoms with Gasteiger partial charge in [0.05, 0.1) is 29.4 Å². The van der Waals surface area contributed by atoms with Gasteiger partial charge in [-0.3, -0.25) is 19.1 Å². The van der Waals surface area contributed by atoms with Crippen LogP contribution in [0.15, 0.2) is 18.2 Å². The number of sulfonamides is 1. The normalized spacial score (nSPS) is 31.3. The molecule has 0 radical (unpaired) electrons. The van der Waals surface area contributed by atoms with Crippen LogP contribution in [0.25, 0.3) is 11.0 Å². The van der Waals surface area contributed by atoms with Gasteiger partial charge >= 0.3 is 6.09 Å². The van der Waals surface area contributed by atoms with Crippen LogP contribution in [0, 0.1) is 23.2 Å². The number of amides is 4. The molecule has 2 bridgehead atoms. The summed E-state index contributed by atoms with van der Waals surface area (Å²) < 4.78 is 45.7. The number of alkyl carbamates (subject to hydrolysis) is 1. The second-order valence-corrected chi connectivity index (χ2v) is 20.3. The molecule has 3 aliphatic carbocycles. The predicted octanol–water partition coefficient (Wildman–Crippen LogP) is 4.55. The van der Waals surface area contributed by atoms with Crippen LogP contribution in [-0.4, -0.2) is 95.3 Å². The summed E-state index contributed by atoms with van der Waals surface area (Å²) >= 11 is 0. The van der Waals surface area contributed by atoms with E-state index in [0.29, 0.717) is 60.5 Å². The molecule has 1 aromatic heterocycles. The zero-order chi connectivity index (χ0) is 41.1. The lowest BCUT2D eigenvalue weighted by atomic mass is 9.85. The van der Waals surface area contributed by atoms with Crippen LogP contribution < -0.4 is 24.8 Å². The average Bonchev–Trinajstić information content (AvgIpc) is 4.11. The summed E-state index contributed by atoms with van der Waals surface area (Å²) in [4.78, 5) is 68.3. The first-order chi connectivity index (χ1) is 26.9. The zero-order valence-electron chi connectivity index (χ0n) is 34.2. The predicted molar refractivity (Wildman–Crippen MR) is 211 cm³/mol. The molecule has 0 spiro atoms. The third kappa shape index (κ3) is 8.11. The first-order valence-corrected chi connectivity index (χ1v) is 22.1. The fourth-order valence-corrected chi connectivity index (χ4v) is 9.98. The molecule has 5 aliphatic rings. The first kappa shape index (κ1) is 41.0. The molecule has 15 nitrogen and oxygen atoms in total.